The van der Waals surface area contributed by atoms with E-state index in [0.717, 1.165) is 37.2 Å². The number of carbonyl (C=O) groups excluding carboxylic acids is 1. The first-order valence-electron chi connectivity index (χ1n) is 10.3. The Bertz CT molecular complexity index is 1030. The van der Waals surface area contributed by atoms with Gasteiger partial charge in [0.25, 0.3) is 0 Å². The summed E-state index contributed by atoms with van der Waals surface area (Å²) in [5.41, 5.74) is 1.59. The lowest BCUT2D eigenvalue weighted by atomic mass is 9.75. The largest absolute Gasteiger partial charge is 0.416 e. The van der Waals surface area contributed by atoms with Gasteiger partial charge in [0.15, 0.2) is 10.9 Å². The van der Waals surface area contributed by atoms with E-state index >= 15 is 0 Å². The summed E-state index contributed by atoms with van der Waals surface area (Å²) in [6.45, 7) is 4.82. The average molecular weight is 451 g/mol. The first-order valence-corrected chi connectivity index (χ1v) is 10.7. The molecule has 31 heavy (non-hydrogen) atoms. The van der Waals surface area contributed by atoms with Crippen molar-refractivity contribution in [3.05, 3.63) is 46.8 Å². The predicted molar refractivity (Wildman–Crippen MR) is 115 cm³/mol. The summed E-state index contributed by atoms with van der Waals surface area (Å²) < 4.78 is 40.7. The van der Waals surface area contributed by atoms with Gasteiger partial charge in [0.05, 0.1) is 34.2 Å². The number of halogens is 3. The molecule has 1 atom stereocenters. The van der Waals surface area contributed by atoms with Gasteiger partial charge >= 0.3 is 6.18 Å². The number of fused-ring (bicyclic) bond motifs is 1. The molecule has 1 N–H and O–H groups in total. The molecule has 2 aromatic rings. The van der Waals surface area contributed by atoms with Gasteiger partial charge in [-0.3, -0.25) is 4.79 Å². The number of nitrogens with one attached hydrogen (secondary N) is 1. The number of ketones is 1. The van der Waals surface area contributed by atoms with Crippen LogP contribution in [0.2, 0.25) is 0 Å². The van der Waals surface area contributed by atoms with Crippen molar-refractivity contribution >= 4 is 23.1 Å². The van der Waals surface area contributed by atoms with Crippen LogP contribution in [0.4, 0.5) is 13.2 Å². The standard InChI is InChI=1S/C22H25F3N4OS/c1-21(2)11-16-18(17(30)12-21)19(15-5-4-10-28(15)20(31)26-3)27-29(16)14-8-6-13(7-9-14)22(23,24)25/h6-9,15H,4-5,10-12H2,1-3H3,(H,26,31)/t15-/m0/s1. The second-order valence-electron chi connectivity index (χ2n) is 9.01. The number of hydrogen-bond donors (Lipinski definition) is 1. The van der Waals surface area contributed by atoms with Crippen molar-refractivity contribution in [2.75, 3.05) is 13.6 Å². The minimum absolute atomic E-state index is 0.0293. The summed E-state index contributed by atoms with van der Waals surface area (Å²) in [4.78, 5) is 15.2. The number of alkyl halides is 3. The third kappa shape index (κ3) is 3.95. The molecule has 0 bridgehead atoms. The molecule has 166 valence electrons. The first-order chi connectivity index (χ1) is 14.5. The van der Waals surface area contributed by atoms with Crippen molar-refractivity contribution in [3.8, 4) is 5.69 Å². The van der Waals surface area contributed by atoms with Crippen LogP contribution in [0.15, 0.2) is 24.3 Å². The molecule has 1 aliphatic heterocycles. The Kier molecular flexibility index (Phi) is 5.36. The maximum Gasteiger partial charge on any atom is 0.416 e. The Hall–Kier alpha value is -2.42. The fraction of sp³-hybridized carbons (Fsp3) is 0.500. The Morgan fingerprint density at radius 1 is 1.23 bits per heavy atom. The van der Waals surface area contributed by atoms with Crippen molar-refractivity contribution < 1.29 is 18.0 Å². The van der Waals surface area contributed by atoms with Gasteiger partial charge < -0.3 is 10.2 Å². The molecular formula is C22H25F3N4OS. The summed E-state index contributed by atoms with van der Waals surface area (Å²) in [7, 11) is 1.77. The second-order valence-corrected chi connectivity index (χ2v) is 9.40. The van der Waals surface area contributed by atoms with E-state index < -0.39 is 11.7 Å². The van der Waals surface area contributed by atoms with E-state index in [9.17, 15) is 18.0 Å². The van der Waals surface area contributed by atoms with E-state index in [0.29, 0.717) is 34.9 Å². The van der Waals surface area contributed by atoms with Crippen molar-refractivity contribution in [2.45, 2.75) is 51.7 Å². The number of rotatable bonds is 2. The maximum absolute atomic E-state index is 13.2. The highest BCUT2D eigenvalue weighted by atomic mass is 32.1. The van der Waals surface area contributed by atoms with Crippen LogP contribution in [0.25, 0.3) is 5.69 Å². The van der Waals surface area contributed by atoms with Crippen molar-refractivity contribution in [1.29, 1.82) is 0 Å². The van der Waals surface area contributed by atoms with Crippen LogP contribution in [0.1, 0.15) is 66.5 Å². The lowest BCUT2D eigenvalue weighted by Gasteiger charge is -2.30. The molecule has 5 nitrogen and oxygen atoms in total. The molecule has 2 aliphatic rings. The minimum Gasteiger partial charge on any atom is -0.366 e. The summed E-state index contributed by atoms with van der Waals surface area (Å²) in [6, 6.07) is 4.80. The number of benzene rings is 1. The highest BCUT2D eigenvalue weighted by Gasteiger charge is 2.41. The van der Waals surface area contributed by atoms with Gasteiger partial charge in [-0.05, 0) is 61.2 Å². The highest BCUT2D eigenvalue weighted by molar-refractivity contribution is 7.80. The summed E-state index contributed by atoms with van der Waals surface area (Å²) in [5.74, 6) is 0.0293. The number of aromatic nitrogens is 2. The monoisotopic (exact) mass is 450 g/mol. The number of carbonyl (C=O) groups is 1. The Morgan fingerprint density at radius 3 is 2.52 bits per heavy atom. The molecule has 9 heteroatoms. The van der Waals surface area contributed by atoms with Gasteiger partial charge in [-0.15, -0.1) is 0 Å². The van der Waals surface area contributed by atoms with E-state index in [1.165, 1.54) is 12.1 Å². The van der Waals surface area contributed by atoms with E-state index in [1.54, 1.807) is 11.7 Å². The fourth-order valence-electron chi connectivity index (χ4n) is 4.65. The molecular weight excluding hydrogens is 425 g/mol. The van der Waals surface area contributed by atoms with Crippen LogP contribution >= 0.6 is 12.2 Å². The Balaban J connectivity index is 1.84. The smallest absolute Gasteiger partial charge is 0.366 e. The zero-order chi connectivity index (χ0) is 22.6. The number of thiocarbonyl (C=S) groups is 1. The van der Waals surface area contributed by atoms with Gasteiger partial charge in [0.1, 0.15) is 0 Å². The van der Waals surface area contributed by atoms with Crippen LogP contribution in [0.3, 0.4) is 0 Å². The Morgan fingerprint density at radius 2 is 1.90 bits per heavy atom. The van der Waals surface area contributed by atoms with Crippen molar-refractivity contribution in [2.24, 2.45) is 5.41 Å². The van der Waals surface area contributed by atoms with Gasteiger partial charge in [0.2, 0.25) is 0 Å². The summed E-state index contributed by atoms with van der Waals surface area (Å²) in [6.07, 6.45) is -1.64. The van der Waals surface area contributed by atoms with Crippen molar-refractivity contribution in [3.63, 3.8) is 0 Å². The second kappa shape index (κ2) is 7.62. The lowest BCUT2D eigenvalue weighted by Crippen LogP contribution is -2.38. The number of likely N-dealkylation sites (tertiary alicyclic amines) is 1. The quantitative estimate of drug-likeness (QED) is 0.673. The normalized spacial score (nSPS) is 20.6. The van der Waals surface area contributed by atoms with E-state index in [1.807, 2.05) is 18.7 Å². The van der Waals surface area contributed by atoms with Gasteiger partial charge in [0, 0.05) is 20.0 Å². The molecule has 1 fully saturated rings. The zero-order valence-electron chi connectivity index (χ0n) is 17.7. The predicted octanol–water partition coefficient (Wildman–Crippen LogP) is 4.69. The van der Waals surface area contributed by atoms with Crippen LogP contribution < -0.4 is 5.32 Å². The van der Waals surface area contributed by atoms with Crippen LogP contribution in [-0.4, -0.2) is 39.2 Å². The van der Waals surface area contributed by atoms with E-state index in [4.69, 9.17) is 17.3 Å². The molecule has 1 aliphatic carbocycles. The number of Topliss-reactive ketones (excluding diaryl/α,β-unsaturated/α-hetero) is 1. The molecule has 0 radical (unpaired) electrons. The molecule has 0 unspecified atom stereocenters. The first kappa shape index (κ1) is 21.8. The van der Waals surface area contributed by atoms with Crippen LogP contribution in [-0.2, 0) is 12.6 Å². The molecule has 2 heterocycles. The van der Waals surface area contributed by atoms with E-state index in [-0.39, 0.29) is 17.2 Å². The van der Waals surface area contributed by atoms with Gasteiger partial charge in [-0.2, -0.15) is 18.3 Å². The highest BCUT2D eigenvalue weighted by Crippen LogP contribution is 2.42. The molecule has 0 saturated carbocycles. The molecule has 4 rings (SSSR count). The molecule has 0 spiro atoms. The van der Waals surface area contributed by atoms with Gasteiger partial charge in [-0.25, -0.2) is 4.68 Å². The number of hydrogen-bond acceptors (Lipinski definition) is 3. The van der Waals surface area contributed by atoms with Crippen LogP contribution in [0, 0.1) is 5.41 Å². The van der Waals surface area contributed by atoms with Crippen molar-refractivity contribution in [1.82, 2.24) is 20.0 Å². The third-order valence-corrected chi connectivity index (χ3v) is 6.49. The zero-order valence-corrected chi connectivity index (χ0v) is 18.5. The van der Waals surface area contributed by atoms with Gasteiger partial charge in [-0.1, -0.05) is 13.8 Å². The molecule has 1 aromatic heterocycles. The summed E-state index contributed by atoms with van der Waals surface area (Å²) in [5, 5.41) is 8.41. The van der Waals surface area contributed by atoms with E-state index in [2.05, 4.69) is 5.32 Å². The molecule has 0 amide bonds. The number of nitrogens with zero attached hydrogens (tertiary/aromatic N) is 3. The minimum atomic E-state index is -4.40. The SMILES string of the molecule is CNC(=S)N1CCC[C@H]1c1nn(-c2ccc(C(F)(F)F)cc2)c2c1C(=O)CC(C)(C)C2. The molecule has 1 aromatic carbocycles. The Labute approximate surface area is 184 Å². The van der Waals surface area contributed by atoms with Crippen LogP contribution in [0.5, 0.6) is 0 Å². The topological polar surface area (TPSA) is 50.2 Å². The fourth-order valence-corrected chi connectivity index (χ4v) is 4.87. The third-order valence-electron chi connectivity index (χ3n) is 6.05. The maximum atomic E-state index is 13.2. The lowest BCUT2D eigenvalue weighted by molar-refractivity contribution is -0.137. The molecule has 1 saturated heterocycles. The summed E-state index contributed by atoms with van der Waals surface area (Å²) >= 11 is 5.45. The average Bonchev–Trinajstić information content (AvgIpc) is 3.30.